The van der Waals surface area contributed by atoms with Gasteiger partial charge in [-0.15, -0.1) is 0 Å². The van der Waals surface area contributed by atoms with Gasteiger partial charge in [0.05, 0.1) is 21.2 Å². The summed E-state index contributed by atoms with van der Waals surface area (Å²) in [5.74, 6) is 1.25. The highest BCUT2D eigenvalue weighted by atomic mass is 35.5. The summed E-state index contributed by atoms with van der Waals surface area (Å²) < 4.78 is 27.9. The summed E-state index contributed by atoms with van der Waals surface area (Å²) in [6.45, 7) is 0.346. The van der Waals surface area contributed by atoms with Crippen molar-refractivity contribution in [3.05, 3.63) is 52.4 Å². The van der Waals surface area contributed by atoms with Crippen LogP contribution < -0.4 is 9.62 Å². The Morgan fingerprint density at radius 2 is 1.91 bits per heavy atom. The molecule has 0 bridgehead atoms. The van der Waals surface area contributed by atoms with Crippen molar-refractivity contribution >= 4 is 50.1 Å². The fraction of sp³-hybridized carbons (Fsp3) is 0.455. The third-order valence-electron chi connectivity index (χ3n) is 6.21. The lowest BCUT2D eigenvalue weighted by molar-refractivity contribution is 0.340. The van der Waals surface area contributed by atoms with Crippen molar-refractivity contribution in [3.8, 4) is 0 Å². The number of hydrogen-bond donors (Lipinski definition) is 2. The van der Waals surface area contributed by atoms with E-state index in [9.17, 15) is 8.42 Å². The molecule has 1 aromatic carbocycles. The van der Waals surface area contributed by atoms with E-state index < -0.39 is 10.0 Å². The maximum absolute atomic E-state index is 12.6. The summed E-state index contributed by atoms with van der Waals surface area (Å²) in [7, 11) is -1.27. The molecule has 0 atom stereocenters. The van der Waals surface area contributed by atoms with E-state index in [2.05, 4.69) is 31.6 Å². The number of sulfonamides is 1. The van der Waals surface area contributed by atoms with Crippen LogP contribution in [0.1, 0.15) is 31.2 Å². The molecule has 0 saturated heterocycles. The number of nitrogens with zero attached hydrogens (tertiary/aromatic N) is 3. The zero-order valence-corrected chi connectivity index (χ0v) is 20.2. The van der Waals surface area contributed by atoms with Crippen molar-refractivity contribution in [2.45, 2.75) is 38.1 Å². The lowest BCUT2D eigenvalue weighted by Gasteiger charge is -2.35. The van der Waals surface area contributed by atoms with Crippen molar-refractivity contribution in [2.75, 3.05) is 24.2 Å². The Labute approximate surface area is 198 Å². The first-order valence-electron chi connectivity index (χ1n) is 10.7. The quantitative estimate of drug-likeness (QED) is 0.482. The molecular weight excluding hydrogens is 469 g/mol. The summed E-state index contributed by atoms with van der Waals surface area (Å²) in [6, 6.07) is 7.69. The smallest absolute Gasteiger partial charge is 0.211 e. The van der Waals surface area contributed by atoms with Gasteiger partial charge in [0.25, 0.3) is 0 Å². The Bertz CT molecular complexity index is 1180. The predicted octanol–water partition coefficient (Wildman–Crippen LogP) is 4.42. The molecule has 0 unspecified atom stereocenters. The summed E-state index contributed by atoms with van der Waals surface area (Å²) >= 11 is 12.0. The number of fused-ring (bicyclic) bond motifs is 1. The predicted molar refractivity (Wildman–Crippen MR) is 130 cm³/mol. The van der Waals surface area contributed by atoms with E-state index in [4.69, 9.17) is 23.2 Å². The number of nitrogens with one attached hydrogen (secondary N) is 2. The maximum atomic E-state index is 12.6. The Morgan fingerprint density at radius 3 is 2.66 bits per heavy atom. The molecule has 1 saturated carbocycles. The highest BCUT2D eigenvalue weighted by Crippen LogP contribution is 2.32. The number of hydrogen-bond acceptors (Lipinski definition) is 5. The molecule has 2 aromatic heterocycles. The van der Waals surface area contributed by atoms with Crippen LogP contribution in [0.4, 0.5) is 5.82 Å². The number of rotatable bonds is 8. The molecule has 0 radical (unpaired) electrons. The van der Waals surface area contributed by atoms with Gasteiger partial charge in [-0.2, -0.15) is 0 Å². The lowest BCUT2D eigenvalue weighted by atomic mass is 9.86. The highest BCUT2D eigenvalue weighted by molar-refractivity contribution is 7.89. The minimum Gasteiger partial charge on any atom is -0.356 e. The van der Waals surface area contributed by atoms with Gasteiger partial charge in [0.2, 0.25) is 10.0 Å². The number of aromatic amines is 1. The molecule has 1 aliphatic carbocycles. The van der Waals surface area contributed by atoms with E-state index in [0.29, 0.717) is 29.1 Å². The highest BCUT2D eigenvalue weighted by Gasteiger charge is 2.28. The van der Waals surface area contributed by atoms with E-state index in [1.54, 1.807) is 18.5 Å². The third-order valence-corrected chi connectivity index (χ3v) is 8.50. The second-order valence-corrected chi connectivity index (χ2v) is 11.1. The van der Waals surface area contributed by atoms with E-state index in [1.807, 2.05) is 18.3 Å². The van der Waals surface area contributed by atoms with Crippen LogP contribution in [0.2, 0.25) is 10.0 Å². The largest absolute Gasteiger partial charge is 0.356 e. The minimum atomic E-state index is -3.33. The van der Waals surface area contributed by atoms with Gasteiger partial charge in [-0.3, -0.25) is 0 Å². The number of halogens is 2. The van der Waals surface area contributed by atoms with Gasteiger partial charge in [0, 0.05) is 25.8 Å². The van der Waals surface area contributed by atoms with Gasteiger partial charge >= 0.3 is 0 Å². The lowest BCUT2D eigenvalue weighted by Crippen LogP contribution is -2.38. The number of aromatic nitrogens is 3. The van der Waals surface area contributed by atoms with Crippen LogP contribution in [0, 0.1) is 5.92 Å². The number of benzene rings is 1. The zero-order chi connectivity index (χ0) is 22.7. The molecular formula is C22H27Cl2N5O2S. The van der Waals surface area contributed by atoms with E-state index in [-0.39, 0.29) is 11.7 Å². The second kappa shape index (κ2) is 9.95. The summed E-state index contributed by atoms with van der Waals surface area (Å²) in [4.78, 5) is 14.1. The topological polar surface area (TPSA) is 91.0 Å². The van der Waals surface area contributed by atoms with E-state index in [1.165, 1.54) is 0 Å². The number of anilines is 1. The number of H-pyrrole nitrogens is 1. The molecule has 3 aromatic rings. The molecule has 2 heterocycles. The fourth-order valence-corrected chi connectivity index (χ4v) is 6.23. The standard InChI is InChI=1S/C22H27Cl2N5O2S/c1-29(22-18-9-10-25-21(18)26-14-27-22)17-5-2-16(3-6-17)13-32(30,31)28-11-8-15-4-7-19(23)20(24)12-15/h4,7,9-10,12,14,16-17,28H,2-3,5-6,8,11,13H2,1H3,(H,25,26,27)/t16-,17-. The molecule has 32 heavy (non-hydrogen) atoms. The van der Waals surface area contributed by atoms with Gasteiger partial charge < -0.3 is 9.88 Å². The summed E-state index contributed by atoms with van der Waals surface area (Å²) in [5, 5.41) is 1.98. The van der Waals surface area contributed by atoms with E-state index in [0.717, 1.165) is 48.1 Å². The fourth-order valence-electron chi connectivity index (χ4n) is 4.43. The molecule has 1 fully saturated rings. The SMILES string of the molecule is CN(c1ncnc2[nH]ccc12)[C@H]1CC[C@H](CS(=O)(=O)NCCc2ccc(Cl)c(Cl)c2)CC1. The van der Waals surface area contributed by atoms with Crippen LogP contribution in [0.25, 0.3) is 11.0 Å². The van der Waals surface area contributed by atoms with Crippen LogP contribution in [-0.2, 0) is 16.4 Å². The van der Waals surface area contributed by atoms with Crippen molar-refractivity contribution in [1.82, 2.24) is 19.7 Å². The maximum Gasteiger partial charge on any atom is 0.211 e. The van der Waals surface area contributed by atoms with Crippen molar-refractivity contribution in [3.63, 3.8) is 0 Å². The summed E-state index contributed by atoms with van der Waals surface area (Å²) in [6.07, 6.45) is 7.65. The molecule has 1 aliphatic rings. The molecule has 7 nitrogen and oxygen atoms in total. The Balaban J connectivity index is 1.26. The van der Waals surface area contributed by atoms with Crippen LogP contribution >= 0.6 is 23.2 Å². The van der Waals surface area contributed by atoms with Crippen LogP contribution in [0.5, 0.6) is 0 Å². The molecule has 172 valence electrons. The Morgan fingerprint density at radius 1 is 1.12 bits per heavy atom. The van der Waals surface area contributed by atoms with Crippen molar-refractivity contribution in [1.29, 1.82) is 0 Å². The van der Waals surface area contributed by atoms with Crippen LogP contribution in [0.3, 0.4) is 0 Å². The Kier molecular flexibility index (Phi) is 7.24. The van der Waals surface area contributed by atoms with Crippen LogP contribution in [0.15, 0.2) is 36.8 Å². The average Bonchev–Trinajstić information content (AvgIpc) is 3.25. The zero-order valence-electron chi connectivity index (χ0n) is 17.9. The first kappa shape index (κ1) is 23.3. The van der Waals surface area contributed by atoms with Gasteiger partial charge in [-0.25, -0.2) is 23.1 Å². The monoisotopic (exact) mass is 495 g/mol. The van der Waals surface area contributed by atoms with Crippen LogP contribution in [-0.4, -0.2) is 48.8 Å². The molecule has 4 rings (SSSR count). The molecule has 0 amide bonds. The average molecular weight is 496 g/mol. The van der Waals surface area contributed by atoms with Crippen molar-refractivity contribution < 1.29 is 8.42 Å². The second-order valence-electron chi connectivity index (χ2n) is 8.40. The van der Waals surface area contributed by atoms with Gasteiger partial charge in [-0.1, -0.05) is 29.3 Å². The van der Waals surface area contributed by atoms with Gasteiger partial charge in [0.15, 0.2) is 0 Å². The first-order chi connectivity index (χ1) is 15.3. The van der Waals surface area contributed by atoms with Crippen molar-refractivity contribution in [2.24, 2.45) is 5.92 Å². The normalized spacial score (nSPS) is 19.3. The van der Waals surface area contributed by atoms with Gasteiger partial charge in [-0.05, 0) is 61.8 Å². The third kappa shape index (κ3) is 5.54. The summed E-state index contributed by atoms with van der Waals surface area (Å²) in [5.41, 5.74) is 1.78. The Hall–Kier alpha value is -1.87. The van der Waals surface area contributed by atoms with Gasteiger partial charge in [0.1, 0.15) is 17.8 Å². The molecule has 2 N–H and O–H groups in total. The first-order valence-corrected chi connectivity index (χ1v) is 13.2. The molecule has 10 heteroatoms. The molecule has 0 spiro atoms. The van der Waals surface area contributed by atoms with E-state index >= 15 is 0 Å². The minimum absolute atomic E-state index is 0.166. The molecule has 0 aliphatic heterocycles.